The van der Waals surface area contributed by atoms with Gasteiger partial charge >= 0.3 is 5.97 Å². The highest BCUT2D eigenvalue weighted by molar-refractivity contribution is 5.83. The van der Waals surface area contributed by atoms with Crippen molar-refractivity contribution in [2.75, 3.05) is 13.7 Å². The summed E-state index contributed by atoms with van der Waals surface area (Å²) in [6.07, 6.45) is 11.3. The Morgan fingerprint density at radius 1 is 1.33 bits per heavy atom. The molecule has 0 atom stereocenters. The second-order valence-electron chi connectivity index (χ2n) is 7.59. The molecule has 1 aliphatic heterocycles. The number of carboxylic acid groups (broad SMARTS) is 1. The average Bonchev–Trinajstić information content (AvgIpc) is 2.75. The van der Waals surface area contributed by atoms with Crippen LogP contribution in [0.4, 0.5) is 0 Å². The molecule has 1 N–H and O–H groups in total. The highest BCUT2D eigenvalue weighted by atomic mass is 16.5. The van der Waals surface area contributed by atoms with Gasteiger partial charge in [0.05, 0.1) is 13.7 Å². The van der Waals surface area contributed by atoms with E-state index in [2.05, 4.69) is 26.8 Å². The van der Waals surface area contributed by atoms with Gasteiger partial charge in [-0.1, -0.05) is 51.8 Å². The summed E-state index contributed by atoms with van der Waals surface area (Å²) in [5.41, 5.74) is 2.66. The van der Waals surface area contributed by atoms with E-state index in [0.717, 1.165) is 53.9 Å². The van der Waals surface area contributed by atoms with E-state index in [-0.39, 0.29) is 5.41 Å². The molecule has 4 nitrogen and oxygen atoms in total. The zero-order valence-corrected chi connectivity index (χ0v) is 16.7. The third kappa shape index (κ3) is 6.31. The summed E-state index contributed by atoms with van der Waals surface area (Å²) in [5.74, 6) is 0.666. The Bertz CT molecular complexity index is 754. The number of benzene rings is 1. The lowest BCUT2D eigenvalue weighted by molar-refractivity contribution is -0.131. The molecule has 1 heterocycles. The van der Waals surface area contributed by atoms with E-state index < -0.39 is 5.97 Å². The van der Waals surface area contributed by atoms with E-state index in [9.17, 15) is 9.90 Å². The third-order valence-corrected chi connectivity index (χ3v) is 4.50. The predicted molar refractivity (Wildman–Crippen MR) is 109 cm³/mol. The number of methoxy groups -OCH3 is 1. The van der Waals surface area contributed by atoms with Gasteiger partial charge in [-0.25, -0.2) is 4.79 Å². The number of aliphatic carboxylic acids is 1. The predicted octanol–water partition coefficient (Wildman–Crippen LogP) is 5.64. The third-order valence-electron chi connectivity index (χ3n) is 4.50. The molecule has 0 unspecified atom stereocenters. The molecule has 0 bridgehead atoms. The Morgan fingerprint density at radius 3 is 2.78 bits per heavy atom. The largest absolute Gasteiger partial charge is 0.497 e. The zero-order chi connectivity index (χ0) is 19.9. The van der Waals surface area contributed by atoms with E-state index >= 15 is 0 Å². The van der Waals surface area contributed by atoms with Crippen molar-refractivity contribution in [3.8, 4) is 11.5 Å². The number of allylic oxidation sites excluding steroid dienone is 4. The fraction of sp³-hybridized carbons (Fsp3) is 0.435. The van der Waals surface area contributed by atoms with Crippen LogP contribution in [0.2, 0.25) is 0 Å². The van der Waals surface area contributed by atoms with E-state index in [1.165, 1.54) is 6.08 Å². The molecule has 0 saturated carbocycles. The molecule has 0 saturated heterocycles. The van der Waals surface area contributed by atoms with Crippen molar-refractivity contribution in [1.29, 1.82) is 0 Å². The molecule has 146 valence electrons. The molecule has 0 fully saturated rings. The van der Waals surface area contributed by atoms with Crippen LogP contribution >= 0.6 is 0 Å². The van der Waals surface area contributed by atoms with E-state index in [1.54, 1.807) is 7.11 Å². The van der Waals surface area contributed by atoms with Crippen LogP contribution < -0.4 is 9.47 Å². The molecule has 27 heavy (non-hydrogen) atoms. The van der Waals surface area contributed by atoms with E-state index in [1.807, 2.05) is 30.4 Å². The molecule has 1 aromatic rings. The number of fused-ring (bicyclic) bond motifs is 1. The first-order chi connectivity index (χ1) is 12.8. The second kappa shape index (κ2) is 9.45. The van der Waals surface area contributed by atoms with Crippen LogP contribution in [0.15, 0.2) is 48.1 Å². The van der Waals surface area contributed by atoms with Gasteiger partial charge in [0.1, 0.15) is 11.5 Å². The van der Waals surface area contributed by atoms with Crippen molar-refractivity contribution in [2.24, 2.45) is 5.41 Å². The molecule has 0 aliphatic carbocycles. The van der Waals surface area contributed by atoms with Crippen molar-refractivity contribution < 1.29 is 19.4 Å². The highest BCUT2D eigenvalue weighted by Gasteiger charge is 2.23. The van der Waals surface area contributed by atoms with Gasteiger partial charge in [0.25, 0.3) is 0 Å². The topological polar surface area (TPSA) is 55.8 Å². The minimum atomic E-state index is -0.910. The summed E-state index contributed by atoms with van der Waals surface area (Å²) >= 11 is 0. The SMILES string of the molecule is CCCCCC(/C=C/C1=CC(C)(C)COc2ccc(OC)cc21)=C\C(=O)O. The number of unbranched alkanes of at least 4 members (excludes halogenated alkanes) is 2. The van der Waals surface area contributed by atoms with Crippen molar-refractivity contribution in [2.45, 2.75) is 46.5 Å². The molecule has 0 spiro atoms. The monoisotopic (exact) mass is 370 g/mol. The number of carbonyl (C=O) groups is 1. The van der Waals surface area contributed by atoms with Crippen LogP contribution in [0.1, 0.15) is 52.0 Å². The first-order valence-electron chi connectivity index (χ1n) is 9.50. The molecule has 1 aliphatic rings. The molecule has 0 aromatic heterocycles. The van der Waals surface area contributed by atoms with Gasteiger partial charge in [0.2, 0.25) is 0 Å². The first-order valence-corrected chi connectivity index (χ1v) is 9.50. The lowest BCUT2D eigenvalue weighted by atomic mass is 9.90. The molecular weight excluding hydrogens is 340 g/mol. The Balaban J connectivity index is 2.39. The van der Waals surface area contributed by atoms with Crippen molar-refractivity contribution in [1.82, 2.24) is 0 Å². The van der Waals surface area contributed by atoms with Gasteiger partial charge in [0.15, 0.2) is 0 Å². The molecule has 4 heteroatoms. The quantitative estimate of drug-likeness (QED) is 0.365. The smallest absolute Gasteiger partial charge is 0.328 e. The number of hydrogen-bond donors (Lipinski definition) is 1. The maximum Gasteiger partial charge on any atom is 0.328 e. The van der Waals surface area contributed by atoms with Crippen LogP contribution in [0.5, 0.6) is 11.5 Å². The van der Waals surface area contributed by atoms with Crippen molar-refractivity contribution in [3.05, 3.63) is 53.6 Å². The summed E-state index contributed by atoms with van der Waals surface area (Å²) in [4.78, 5) is 11.2. The molecule has 1 aromatic carbocycles. The van der Waals surface area contributed by atoms with Gasteiger partial charge in [-0.05, 0) is 42.2 Å². The summed E-state index contributed by atoms with van der Waals surface area (Å²) < 4.78 is 11.4. The fourth-order valence-electron chi connectivity index (χ4n) is 3.07. The number of ether oxygens (including phenoxy) is 2. The Morgan fingerprint density at radius 2 is 2.11 bits per heavy atom. The van der Waals surface area contributed by atoms with Crippen LogP contribution in [0, 0.1) is 5.41 Å². The Kier molecular flexibility index (Phi) is 7.28. The van der Waals surface area contributed by atoms with Crippen LogP contribution in [-0.4, -0.2) is 24.8 Å². The van der Waals surface area contributed by atoms with Crippen LogP contribution in [0.25, 0.3) is 5.57 Å². The van der Waals surface area contributed by atoms with Gasteiger partial charge in [-0.3, -0.25) is 0 Å². The van der Waals surface area contributed by atoms with Gasteiger partial charge < -0.3 is 14.6 Å². The zero-order valence-electron chi connectivity index (χ0n) is 16.7. The Hall–Kier alpha value is -2.49. The fourth-order valence-corrected chi connectivity index (χ4v) is 3.07. The molecule has 0 amide bonds. The minimum Gasteiger partial charge on any atom is -0.497 e. The summed E-state index contributed by atoms with van der Waals surface area (Å²) in [6, 6.07) is 5.77. The molecule has 0 radical (unpaired) electrons. The standard InChI is InChI=1S/C23H30O4/c1-5-6-7-8-17(13-22(24)25)9-10-18-15-23(2,3)16-27-21-12-11-19(26-4)14-20(18)21/h9-15H,5-8,16H2,1-4H3,(H,24,25)/b10-9+,17-13+. The lowest BCUT2D eigenvalue weighted by Gasteiger charge is -2.18. The van der Waals surface area contributed by atoms with E-state index in [0.29, 0.717) is 6.61 Å². The van der Waals surface area contributed by atoms with Crippen LogP contribution in [-0.2, 0) is 4.79 Å². The van der Waals surface area contributed by atoms with Gasteiger partial charge in [0, 0.05) is 17.1 Å². The van der Waals surface area contributed by atoms with Crippen molar-refractivity contribution >= 4 is 11.5 Å². The normalized spacial score (nSPS) is 16.3. The van der Waals surface area contributed by atoms with E-state index in [4.69, 9.17) is 9.47 Å². The number of hydrogen-bond acceptors (Lipinski definition) is 3. The number of carboxylic acids is 1. The van der Waals surface area contributed by atoms with Gasteiger partial charge in [-0.2, -0.15) is 0 Å². The van der Waals surface area contributed by atoms with Crippen LogP contribution in [0.3, 0.4) is 0 Å². The van der Waals surface area contributed by atoms with Crippen molar-refractivity contribution in [3.63, 3.8) is 0 Å². The van der Waals surface area contributed by atoms with Gasteiger partial charge in [-0.15, -0.1) is 0 Å². The summed E-state index contributed by atoms with van der Waals surface area (Å²) in [6.45, 7) is 6.97. The maximum absolute atomic E-state index is 11.2. The number of rotatable bonds is 8. The molecular formula is C23H30O4. The Labute approximate surface area is 162 Å². The first kappa shape index (κ1) is 20.8. The highest BCUT2D eigenvalue weighted by Crippen LogP contribution is 2.37. The average molecular weight is 370 g/mol. The summed E-state index contributed by atoms with van der Waals surface area (Å²) in [7, 11) is 1.64. The minimum absolute atomic E-state index is 0.134. The summed E-state index contributed by atoms with van der Waals surface area (Å²) in [5, 5.41) is 9.17. The lowest BCUT2D eigenvalue weighted by Crippen LogP contribution is -2.17. The maximum atomic E-state index is 11.2. The second-order valence-corrected chi connectivity index (χ2v) is 7.59. The molecule has 2 rings (SSSR count).